The van der Waals surface area contributed by atoms with Gasteiger partial charge in [-0.25, -0.2) is 0 Å². The third-order valence-corrected chi connectivity index (χ3v) is 9.40. The third kappa shape index (κ3) is 7.39. The second kappa shape index (κ2) is 15.7. The lowest BCUT2D eigenvalue weighted by molar-refractivity contribution is -0.359. The molecule has 0 spiro atoms. The minimum atomic E-state index is -2.16. The first kappa shape index (κ1) is 39.8. The molecule has 6 rings (SSSR count). The summed E-state index contributed by atoms with van der Waals surface area (Å²) >= 11 is 0. The van der Waals surface area contributed by atoms with Crippen LogP contribution in [0.5, 0.6) is 28.7 Å². The van der Waals surface area contributed by atoms with E-state index < -0.39 is 151 Å². The minimum Gasteiger partial charge on any atom is -0.508 e. The maximum absolute atomic E-state index is 13.9. The van der Waals surface area contributed by atoms with Crippen molar-refractivity contribution < 1.29 is 99.2 Å². The van der Waals surface area contributed by atoms with Gasteiger partial charge in [-0.2, -0.15) is 0 Å². The van der Waals surface area contributed by atoms with Crippen LogP contribution in [0, 0.1) is 0 Å². The summed E-state index contributed by atoms with van der Waals surface area (Å²) in [7, 11) is 0. The Labute approximate surface area is 303 Å². The lowest BCUT2D eigenvalue weighted by Gasteiger charge is -2.46. The molecule has 21 nitrogen and oxygen atoms in total. The van der Waals surface area contributed by atoms with E-state index in [1.54, 1.807) is 0 Å². The monoisotopic (exact) mass is 772 g/mol. The van der Waals surface area contributed by atoms with Crippen LogP contribution in [0.3, 0.4) is 0 Å². The van der Waals surface area contributed by atoms with Gasteiger partial charge in [-0.1, -0.05) is 0 Å². The van der Waals surface area contributed by atoms with Gasteiger partial charge in [-0.3, -0.25) is 4.79 Å². The second-order valence-electron chi connectivity index (χ2n) is 13.1. The number of fused-ring (bicyclic) bond motifs is 1. The second-order valence-corrected chi connectivity index (χ2v) is 13.1. The standard InChI is InChI=1S/C33H40O21/c1-9-19(39)22(42)25(45)31(49-9)48-8-17-29(53-32-26(46)23(43)20(40)16(7-34)51-32)24(44)27(47)33(52-17)54-30-21(41)18-14(38)5-11(35)6-15(18)50-28(30)10-2-3-12(36)13(37)4-10/h2-6,9,16-17,19-20,22-27,29,31-40,42-47H,7-8H2,1H3. The first-order chi connectivity index (χ1) is 25.5. The number of rotatable bonds is 9. The number of ether oxygens (including phenoxy) is 6. The third-order valence-electron chi connectivity index (χ3n) is 9.40. The van der Waals surface area contributed by atoms with E-state index in [0.717, 1.165) is 24.3 Å². The van der Waals surface area contributed by atoms with Crippen LogP contribution in [0.25, 0.3) is 22.3 Å². The molecule has 3 aliphatic rings. The summed E-state index contributed by atoms with van der Waals surface area (Å²) in [5, 5.41) is 134. The maximum Gasteiger partial charge on any atom is 0.239 e. The molecule has 13 N–H and O–H groups in total. The number of phenolic OH excluding ortho intramolecular Hbond substituents is 4. The van der Waals surface area contributed by atoms with Gasteiger partial charge in [0.05, 0.1) is 19.3 Å². The fourth-order valence-corrected chi connectivity index (χ4v) is 6.33. The Kier molecular flexibility index (Phi) is 11.5. The molecule has 298 valence electrons. The molecule has 0 amide bonds. The molecule has 2 aromatic carbocycles. The lowest BCUT2D eigenvalue weighted by Crippen LogP contribution is -2.65. The lowest BCUT2D eigenvalue weighted by atomic mass is 9.96. The zero-order valence-corrected chi connectivity index (χ0v) is 28.0. The fourth-order valence-electron chi connectivity index (χ4n) is 6.33. The molecule has 21 heteroatoms. The molecular weight excluding hydrogens is 732 g/mol. The van der Waals surface area contributed by atoms with E-state index >= 15 is 0 Å². The zero-order chi connectivity index (χ0) is 39.3. The molecule has 3 fully saturated rings. The van der Waals surface area contributed by atoms with Crippen LogP contribution in [0.2, 0.25) is 0 Å². The Morgan fingerprint density at radius 3 is 2.00 bits per heavy atom. The predicted molar refractivity (Wildman–Crippen MR) is 173 cm³/mol. The molecule has 3 aliphatic heterocycles. The van der Waals surface area contributed by atoms with Gasteiger partial charge in [0.2, 0.25) is 17.5 Å². The molecule has 0 bridgehead atoms. The van der Waals surface area contributed by atoms with E-state index in [1.165, 1.54) is 13.0 Å². The summed E-state index contributed by atoms with van der Waals surface area (Å²) in [5.41, 5.74) is -1.56. The predicted octanol–water partition coefficient (Wildman–Crippen LogP) is -3.86. The summed E-state index contributed by atoms with van der Waals surface area (Å²) in [6.45, 7) is -0.219. The number of hydrogen-bond acceptors (Lipinski definition) is 21. The smallest absolute Gasteiger partial charge is 0.239 e. The highest BCUT2D eigenvalue weighted by Gasteiger charge is 2.52. The van der Waals surface area contributed by atoms with Crippen LogP contribution >= 0.6 is 0 Å². The molecule has 54 heavy (non-hydrogen) atoms. The molecule has 0 aliphatic carbocycles. The number of aliphatic hydroxyl groups is 9. The van der Waals surface area contributed by atoms with Crippen LogP contribution in [-0.2, 0) is 23.7 Å². The fraction of sp³-hybridized carbons (Fsp3) is 0.545. The maximum atomic E-state index is 13.9. The van der Waals surface area contributed by atoms with Gasteiger partial charge in [0.25, 0.3) is 0 Å². The van der Waals surface area contributed by atoms with E-state index in [-0.39, 0.29) is 11.1 Å². The number of aromatic hydroxyl groups is 4. The van der Waals surface area contributed by atoms with Crippen molar-refractivity contribution >= 4 is 11.0 Å². The van der Waals surface area contributed by atoms with Crippen molar-refractivity contribution in [2.45, 2.75) is 99.0 Å². The van der Waals surface area contributed by atoms with Crippen LogP contribution in [0.15, 0.2) is 39.5 Å². The average Bonchev–Trinajstić information content (AvgIpc) is 3.13. The van der Waals surface area contributed by atoms with Crippen molar-refractivity contribution in [1.82, 2.24) is 0 Å². The molecule has 4 heterocycles. The Balaban J connectivity index is 1.37. The van der Waals surface area contributed by atoms with E-state index in [9.17, 15) is 71.2 Å². The number of phenols is 4. The topological polar surface area (TPSA) is 349 Å². The molecule has 1 aromatic heterocycles. The number of benzene rings is 2. The van der Waals surface area contributed by atoms with Crippen LogP contribution in [0.4, 0.5) is 0 Å². The highest BCUT2D eigenvalue weighted by Crippen LogP contribution is 2.40. The Morgan fingerprint density at radius 2 is 1.31 bits per heavy atom. The van der Waals surface area contributed by atoms with Crippen molar-refractivity contribution in [3.05, 3.63) is 40.6 Å². The van der Waals surface area contributed by atoms with E-state index in [2.05, 4.69) is 0 Å². The van der Waals surface area contributed by atoms with E-state index in [1.807, 2.05) is 0 Å². The van der Waals surface area contributed by atoms with Gasteiger partial charge in [-0.05, 0) is 25.1 Å². The Bertz CT molecular complexity index is 1850. The molecule has 15 atom stereocenters. The highest BCUT2D eigenvalue weighted by molar-refractivity contribution is 5.88. The van der Waals surface area contributed by atoms with Crippen molar-refractivity contribution in [2.24, 2.45) is 0 Å². The molecule has 0 saturated carbocycles. The molecule has 0 radical (unpaired) electrons. The molecule has 15 unspecified atom stereocenters. The Morgan fingerprint density at radius 1 is 0.667 bits per heavy atom. The normalized spacial score (nSPS) is 37.3. The van der Waals surface area contributed by atoms with E-state index in [0.29, 0.717) is 0 Å². The largest absolute Gasteiger partial charge is 0.508 e. The van der Waals surface area contributed by atoms with Gasteiger partial charge < -0.3 is 99.2 Å². The van der Waals surface area contributed by atoms with Crippen molar-refractivity contribution in [3.8, 4) is 40.1 Å². The van der Waals surface area contributed by atoms with Crippen molar-refractivity contribution in [3.63, 3.8) is 0 Å². The van der Waals surface area contributed by atoms with Gasteiger partial charge in [-0.15, -0.1) is 0 Å². The van der Waals surface area contributed by atoms with Crippen LogP contribution in [-0.4, -0.2) is 172 Å². The number of hydrogen-bond donors (Lipinski definition) is 13. The van der Waals surface area contributed by atoms with Gasteiger partial charge in [0.15, 0.2) is 29.8 Å². The summed E-state index contributed by atoms with van der Waals surface area (Å²) in [6, 6.07) is 5.04. The van der Waals surface area contributed by atoms with Gasteiger partial charge in [0, 0.05) is 17.7 Å². The summed E-state index contributed by atoms with van der Waals surface area (Å²) in [4.78, 5) is 13.9. The highest BCUT2D eigenvalue weighted by atomic mass is 16.8. The zero-order valence-electron chi connectivity index (χ0n) is 28.0. The average molecular weight is 773 g/mol. The molecular formula is C33H40O21. The van der Waals surface area contributed by atoms with Crippen molar-refractivity contribution in [1.29, 1.82) is 0 Å². The van der Waals surface area contributed by atoms with Crippen molar-refractivity contribution in [2.75, 3.05) is 13.2 Å². The molecule has 3 saturated heterocycles. The van der Waals surface area contributed by atoms with E-state index in [4.69, 9.17) is 32.8 Å². The van der Waals surface area contributed by atoms with Gasteiger partial charge >= 0.3 is 0 Å². The summed E-state index contributed by atoms with van der Waals surface area (Å²) in [6.07, 6.45) is -26.5. The molecule has 3 aromatic rings. The van der Waals surface area contributed by atoms with Crippen LogP contribution < -0.4 is 10.2 Å². The number of aliphatic hydroxyl groups excluding tert-OH is 9. The SMILES string of the molecule is CC1OC(OCC2OC(Oc3c(-c4ccc(O)c(O)c4)oc4cc(O)cc(O)c4c3=O)C(O)C(O)C2OC2OC(CO)C(O)C(O)C2O)C(O)C(O)C1O. The quantitative estimate of drug-likeness (QED) is 0.0925. The summed E-state index contributed by atoms with van der Waals surface area (Å²) in [5.74, 6) is -3.72. The Hall–Kier alpha value is -3.91. The minimum absolute atomic E-state index is 0.102. The van der Waals surface area contributed by atoms with Crippen LogP contribution in [0.1, 0.15) is 6.92 Å². The van der Waals surface area contributed by atoms with Gasteiger partial charge in [0.1, 0.15) is 89.6 Å². The first-order valence-corrected chi connectivity index (χ1v) is 16.5. The summed E-state index contributed by atoms with van der Waals surface area (Å²) < 4.78 is 39.8. The first-order valence-electron chi connectivity index (χ1n) is 16.5.